The summed E-state index contributed by atoms with van der Waals surface area (Å²) < 4.78 is 50.5. The summed E-state index contributed by atoms with van der Waals surface area (Å²) in [5.41, 5.74) is 9.10. The Kier molecular flexibility index (Phi) is 5.20. The van der Waals surface area contributed by atoms with Crippen molar-refractivity contribution < 1.29 is 11.3 Å². The topological polar surface area (TPSA) is 13.1 Å². The van der Waals surface area contributed by atoms with Crippen LogP contribution in [0.4, 0.5) is 0 Å². The van der Waals surface area contributed by atoms with E-state index in [0.717, 1.165) is 54.7 Å². The van der Waals surface area contributed by atoms with Gasteiger partial charge in [0, 0.05) is 16.3 Å². The number of benzene rings is 9. The second-order valence-corrected chi connectivity index (χ2v) is 12.4. The molecule has 0 saturated carbocycles. The van der Waals surface area contributed by atoms with Crippen LogP contribution < -0.4 is 0 Å². The first kappa shape index (κ1) is 23.0. The molecule has 0 aliphatic carbocycles. The monoisotopic (exact) mass is 627 g/mol. The van der Waals surface area contributed by atoms with Crippen LogP contribution in [0.2, 0.25) is 0 Å². The minimum atomic E-state index is -0.358. The molecule has 0 bridgehead atoms. The Morgan fingerprint density at radius 1 is 0.367 bits per heavy atom. The van der Waals surface area contributed by atoms with Gasteiger partial charge in [-0.15, -0.1) is 0 Å². The van der Waals surface area contributed by atoms with E-state index in [4.69, 9.17) is 9.90 Å². The van der Waals surface area contributed by atoms with E-state index in [0.29, 0.717) is 22.1 Å². The van der Waals surface area contributed by atoms with Crippen LogP contribution in [0.15, 0.2) is 186 Å². The van der Waals surface area contributed by atoms with Crippen LogP contribution in [0.3, 0.4) is 0 Å². The molecular formula is C48H30O. The highest BCUT2D eigenvalue weighted by Crippen LogP contribution is 2.46. The number of furan rings is 1. The molecule has 0 aliphatic rings. The van der Waals surface area contributed by atoms with Crippen LogP contribution in [0.5, 0.6) is 0 Å². The molecular weight excluding hydrogens is 593 g/mol. The van der Waals surface area contributed by atoms with Gasteiger partial charge in [0.2, 0.25) is 0 Å². The summed E-state index contributed by atoms with van der Waals surface area (Å²) in [6.07, 6.45) is 0. The quantitative estimate of drug-likeness (QED) is 0.177. The Hall–Kier alpha value is -6.44. The first-order valence-electron chi connectivity index (χ1n) is 18.9. The third kappa shape index (κ3) is 4.40. The van der Waals surface area contributed by atoms with Crippen molar-refractivity contribution in [2.24, 2.45) is 0 Å². The van der Waals surface area contributed by atoms with E-state index < -0.39 is 0 Å². The lowest BCUT2D eigenvalue weighted by Gasteiger charge is -2.18. The molecule has 49 heavy (non-hydrogen) atoms. The fourth-order valence-corrected chi connectivity index (χ4v) is 7.49. The number of para-hydroxylation sites is 1. The van der Waals surface area contributed by atoms with E-state index >= 15 is 0 Å². The van der Waals surface area contributed by atoms with Gasteiger partial charge in [-0.3, -0.25) is 0 Å². The summed E-state index contributed by atoms with van der Waals surface area (Å²) in [4.78, 5) is 0. The van der Waals surface area contributed by atoms with E-state index in [1.165, 1.54) is 11.1 Å². The Morgan fingerprint density at radius 2 is 0.898 bits per heavy atom. The van der Waals surface area contributed by atoms with Gasteiger partial charge < -0.3 is 4.42 Å². The van der Waals surface area contributed by atoms with Gasteiger partial charge in [0.1, 0.15) is 11.2 Å². The Bertz CT molecular complexity index is 3090. The van der Waals surface area contributed by atoms with Crippen molar-refractivity contribution in [1.82, 2.24) is 0 Å². The molecule has 1 heteroatoms. The SMILES string of the molecule is [2H]c1c([2H])c([2H])c2c([2H])c3c(oc4ccccc43)c(-c3ccc(-c4c5ccccc5c(-c5cccc(-c6ccccc6)c5)c5ccccc45)cc3)c2c1[2H]. The molecule has 0 spiro atoms. The largest absolute Gasteiger partial charge is 0.455 e. The van der Waals surface area contributed by atoms with Crippen molar-refractivity contribution in [1.29, 1.82) is 0 Å². The lowest BCUT2D eigenvalue weighted by atomic mass is 9.85. The zero-order chi connectivity index (χ0) is 36.7. The summed E-state index contributed by atoms with van der Waals surface area (Å²) in [6, 6.07) is 50.9. The standard InChI is InChI=1S/C48H30O/c1-2-13-31(14-3-1)34-16-12-17-36(29-34)46-41-22-8-6-20-39(41)45(40-21-7-9-23-42(40)46)32-25-27-33(28-26-32)47-37-18-5-4-15-35(37)30-43-38-19-10-11-24-44(38)49-48(43)47/h1-30H/i4D,5D,15D,18D,30D. The van der Waals surface area contributed by atoms with Crippen LogP contribution in [-0.4, -0.2) is 0 Å². The minimum absolute atomic E-state index is 0.0321. The van der Waals surface area contributed by atoms with Crippen molar-refractivity contribution in [3.63, 3.8) is 0 Å². The van der Waals surface area contributed by atoms with E-state index in [9.17, 15) is 1.37 Å². The van der Waals surface area contributed by atoms with E-state index in [1.54, 1.807) is 0 Å². The van der Waals surface area contributed by atoms with Gasteiger partial charge in [-0.1, -0.05) is 164 Å². The predicted molar refractivity (Wildman–Crippen MR) is 208 cm³/mol. The van der Waals surface area contributed by atoms with Gasteiger partial charge >= 0.3 is 0 Å². The Morgan fingerprint density at radius 3 is 1.59 bits per heavy atom. The molecule has 0 N–H and O–H groups in total. The predicted octanol–water partition coefficient (Wildman–Crippen LogP) is 13.7. The lowest BCUT2D eigenvalue weighted by Crippen LogP contribution is -1.91. The summed E-state index contributed by atoms with van der Waals surface area (Å²) in [6.45, 7) is 0. The molecule has 1 aromatic heterocycles. The van der Waals surface area contributed by atoms with Gasteiger partial charge in [-0.05, 0) is 89.4 Å². The summed E-state index contributed by atoms with van der Waals surface area (Å²) in [5, 5.41) is 6.29. The van der Waals surface area contributed by atoms with Gasteiger partial charge in [0.15, 0.2) is 0 Å². The summed E-state index contributed by atoms with van der Waals surface area (Å²) >= 11 is 0. The molecule has 228 valence electrons. The Balaban J connectivity index is 1.22. The highest BCUT2D eigenvalue weighted by atomic mass is 16.3. The van der Waals surface area contributed by atoms with Crippen molar-refractivity contribution in [3.05, 3.63) is 182 Å². The summed E-state index contributed by atoms with van der Waals surface area (Å²) in [5.74, 6) is 0. The van der Waals surface area contributed by atoms with Gasteiger partial charge in [-0.25, -0.2) is 0 Å². The molecule has 1 heterocycles. The molecule has 0 saturated heterocycles. The smallest absolute Gasteiger partial charge is 0.143 e. The average Bonchev–Trinajstić information content (AvgIpc) is 3.61. The highest BCUT2D eigenvalue weighted by Gasteiger charge is 2.19. The number of hydrogen-bond donors (Lipinski definition) is 0. The van der Waals surface area contributed by atoms with Gasteiger partial charge in [-0.2, -0.15) is 0 Å². The van der Waals surface area contributed by atoms with Crippen LogP contribution in [0.1, 0.15) is 6.85 Å². The maximum absolute atomic E-state index is 9.22. The van der Waals surface area contributed by atoms with E-state index in [-0.39, 0.29) is 41.0 Å². The van der Waals surface area contributed by atoms with E-state index in [1.807, 2.05) is 42.5 Å². The molecule has 0 radical (unpaired) electrons. The fraction of sp³-hybridized carbons (Fsp3) is 0. The molecule has 1 nitrogen and oxygen atoms in total. The first-order valence-corrected chi connectivity index (χ1v) is 16.4. The maximum atomic E-state index is 9.22. The third-order valence-electron chi connectivity index (χ3n) is 9.66. The van der Waals surface area contributed by atoms with Crippen molar-refractivity contribution in [3.8, 4) is 44.5 Å². The zero-order valence-corrected chi connectivity index (χ0v) is 26.3. The summed E-state index contributed by atoms with van der Waals surface area (Å²) in [7, 11) is 0. The van der Waals surface area contributed by atoms with Crippen LogP contribution in [-0.2, 0) is 0 Å². The van der Waals surface area contributed by atoms with Gasteiger partial charge in [0.05, 0.1) is 6.85 Å². The van der Waals surface area contributed by atoms with E-state index in [2.05, 4.69) is 109 Å². The normalized spacial score (nSPS) is 13.1. The van der Waals surface area contributed by atoms with Crippen molar-refractivity contribution >= 4 is 54.3 Å². The zero-order valence-electron chi connectivity index (χ0n) is 31.3. The van der Waals surface area contributed by atoms with Crippen LogP contribution >= 0.6 is 0 Å². The molecule has 0 atom stereocenters. The molecule has 9 aromatic carbocycles. The van der Waals surface area contributed by atoms with Gasteiger partial charge in [0.25, 0.3) is 0 Å². The molecule has 10 rings (SSSR count). The molecule has 0 amide bonds. The van der Waals surface area contributed by atoms with Crippen molar-refractivity contribution in [2.75, 3.05) is 0 Å². The second kappa shape index (κ2) is 11.1. The minimum Gasteiger partial charge on any atom is -0.455 e. The maximum Gasteiger partial charge on any atom is 0.143 e. The number of hydrogen-bond acceptors (Lipinski definition) is 1. The molecule has 0 aliphatic heterocycles. The third-order valence-corrected chi connectivity index (χ3v) is 9.66. The Labute approximate surface area is 291 Å². The lowest BCUT2D eigenvalue weighted by molar-refractivity contribution is 0.670. The molecule has 0 fully saturated rings. The highest BCUT2D eigenvalue weighted by molar-refractivity contribution is 6.22. The average molecular weight is 628 g/mol. The molecule has 10 aromatic rings. The van der Waals surface area contributed by atoms with Crippen molar-refractivity contribution in [2.45, 2.75) is 0 Å². The number of rotatable bonds is 4. The second-order valence-electron chi connectivity index (χ2n) is 12.4. The van der Waals surface area contributed by atoms with Crippen LogP contribution in [0, 0.1) is 0 Å². The van der Waals surface area contributed by atoms with Crippen LogP contribution in [0.25, 0.3) is 98.8 Å². The first-order chi connectivity index (χ1) is 26.4. The number of fused-ring (bicyclic) bond motifs is 6. The fourth-order valence-electron chi connectivity index (χ4n) is 7.49. The molecule has 0 unspecified atom stereocenters.